The molecule has 3 saturated carbocycles. The van der Waals surface area contributed by atoms with Crippen LogP contribution in [-0.2, 0) is 22.4 Å². The Balaban J connectivity index is 0.000000118. The first-order chi connectivity index (χ1) is 14.6. The largest absolute Gasteiger partial charge is 0.300 e. The summed E-state index contributed by atoms with van der Waals surface area (Å²) in [7, 11) is 0. The van der Waals surface area contributed by atoms with Gasteiger partial charge in [0.25, 0.3) is 0 Å². The number of benzene rings is 2. The molecule has 0 saturated heterocycles. The average molecular weight is 463 g/mol. The summed E-state index contributed by atoms with van der Waals surface area (Å²) < 4.78 is 1.19. The lowest BCUT2D eigenvalue weighted by Crippen LogP contribution is -2.00. The Labute approximate surface area is 186 Å². The summed E-state index contributed by atoms with van der Waals surface area (Å²) in [5.41, 5.74) is 7.57. The van der Waals surface area contributed by atoms with Gasteiger partial charge in [-0.25, -0.2) is 0 Å². The Kier molecular flexibility index (Phi) is 4.53. The first-order valence-corrected chi connectivity index (χ1v) is 12.3. The van der Waals surface area contributed by atoms with Crippen LogP contribution in [0.25, 0.3) is 0 Å². The van der Waals surface area contributed by atoms with Crippen molar-refractivity contribution in [2.45, 2.75) is 69.1 Å². The van der Waals surface area contributed by atoms with Gasteiger partial charge in [-0.2, -0.15) is 0 Å². The molecule has 0 aromatic heterocycles. The molecule has 4 atom stereocenters. The molecule has 0 radical (unpaired) electrons. The predicted molar refractivity (Wildman–Crippen MR) is 121 cm³/mol. The Bertz CT molecular complexity index is 1050. The maximum absolute atomic E-state index is 11.6. The second kappa shape index (κ2) is 7.15. The summed E-state index contributed by atoms with van der Waals surface area (Å²) >= 11 is 3.59. The van der Waals surface area contributed by atoms with Gasteiger partial charge in [0.05, 0.1) is 0 Å². The number of carbonyl (C=O) groups is 2. The number of Topliss-reactive ketones (excluding diaryl/α,β-unsaturated/α-hetero) is 2. The van der Waals surface area contributed by atoms with Crippen LogP contribution in [-0.4, -0.2) is 11.6 Å². The third kappa shape index (κ3) is 3.12. The van der Waals surface area contributed by atoms with Gasteiger partial charge in [-0.3, -0.25) is 9.59 Å². The zero-order chi connectivity index (χ0) is 20.4. The molecule has 4 unspecified atom stereocenters. The van der Waals surface area contributed by atoms with Gasteiger partial charge >= 0.3 is 0 Å². The molecule has 0 heterocycles. The van der Waals surface area contributed by atoms with Gasteiger partial charge in [0.15, 0.2) is 0 Å². The number of hydrogen-bond acceptors (Lipinski definition) is 2. The van der Waals surface area contributed by atoms with E-state index >= 15 is 0 Å². The van der Waals surface area contributed by atoms with Crippen LogP contribution in [0.4, 0.5) is 0 Å². The summed E-state index contributed by atoms with van der Waals surface area (Å²) in [6, 6.07) is 13.2. The molecule has 0 bridgehead atoms. The molecular weight excluding hydrogens is 436 g/mol. The molecule has 2 aromatic carbocycles. The molecule has 2 nitrogen and oxygen atoms in total. The Hall–Kier alpha value is -1.74. The molecule has 0 N–H and O–H groups in total. The molecule has 5 aliphatic rings. The summed E-state index contributed by atoms with van der Waals surface area (Å²) in [5.74, 6) is 4.09. The number of carbonyl (C=O) groups excluding carboxylic acids is 2. The van der Waals surface area contributed by atoms with Gasteiger partial charge in [-0.1, -0.05) is 46.3 Å². The van der Waals surface area contributed by atoms with Crippen LogP contribution in [0.1, 0.15) is 84.1 Å². The highest BCUT2D eigenvalue weighted by atomic mass is 79.9. The van der Waals surface area contributed by atoms with Gasteiger partial charge in [0.1, 0.15) is 11.6 Å². The van der Waals surface area contributed by atoms with E-state index in [4.69, 9.17) is 0 Å². The standard InChI is InChI=1S/C15H16O.C12H11BrO/c16-12-7-11-6-10-2-1-3-13(9-4-5-9)15(10)14(11)8-12;13-11-3-1-2-7-4-8-5-9(14)6-10(8)12(7)11/h1-3,9,11,14H,4-8H2;1-3,8,10H,4-6H2. The Morgan fingerprint density at radius 1 is 0.667 bits per heavy atom. The lowest BCUT2D eigenvalue weighted by atomic mass is 9.91. The fraction of sp³-hybridized carbons (Fsp3) is 0.481. The number of halogens is 1. The Morgan fingerprint density at radius 2 is 1.23 bits per heavy atom. The van der Waals surface area contributed by atoms with Crippen LogP contribution in [0.3, 0.4) is 0 Å². The summed E-state index contributed by atoms with van der Waals surface area (Å²) in [6.45, 7) is 0. The number of rotatable bonds is 1. The zero-order valence-electron chi connectivity index (χ0n) is 17.2. The van der Waals surface area contributed by atoms with E-state index in [1.165, 1.54) is 28.4 Å². The van der Waals surface area contributed by atoms with E-state index in [9.17, 15) is 9.59 Å². The molecule has 2 aromatic rings. The molecule has 3 heteroatoms. The van der Waals surface area contributed by atoms with E-state index in [0.717, 1.165) is 44.4 Å². The zero-order valence-corrected chi connectivity index (χ0v) is 18.8. The van der Waals surface area contributed by atoms with E-state index in [0.29, 0.717) is 35.2 Å². The summed E-state index contributed by atoms with van der Waals surface area (Å²) in [5, 5.41) is 0. The minimum Gasteiger partial charge on any atom is -0.300 e. The smallest absolute Gasteiger partial charge is 0.133 e. The van der Waals surface area contributed by atoms with E-state index in [2.05, 4.69) is 52.3 Å². The van der Waals surface area contributed by atoms with Crippen molar-refractivity contribution < 1.29 is 9.59 Å². The highest BCUT2D eigenvalue weighted by molar-refractivity contribution is 9.10. The first kappa shape index (κ1) is 19.0. The topological polar surface area (TPSA) is 34.1 Å². The lowest BCUT2D eigenvalue weighted by Gasteiger charge is -2.13. The van der Waals surface area contributed by atoms with Crippen LogP contribution in [0, 0.1) is 11.8 Å². The SMILES string of the molecule is O=C1CC2Cc3cccc(Br)c3C2C1.O=C1CC2Cc3cccc(C4CC4)c3C2C1. The van der Waals surface area contributed by atoms with Crippen LogP contribution in [0.2, 0.25) is 0 Å². The maximum atomic E-state index is 11.6. The fourth-order valence-electron chi connectivity index (χ4n) is 6.72. The van der Waals surface area contributed by atoms with E-state index in [1.54, 1.807) is 16.7 Å². The molecule has 0 amide bonds. The van der Waals surface area contributed by atoms with Crippen molar-refractivity contribution in [3.63, 3.8) is 0 Å². The van der Waals surface area contributed by atoms with Crippen molar-refractivity contribution in [1.29, 1.82) is 0 Å². The van der Waals surface area contributed by atoms with Crippen LogP contribution in [0.15, 0.2) is 40.9 Å². The van der Waals surface area contributed by atoms with Crippen molar-refractivity contribution in [2.24, 2.45) is 11.8 Å². The highest BCUT2D eigenvalue weighted by Gasteiger charge is 2.43. The van der Waals surface area contributed by atoms with Crippen molar-refractivity contribution in [3.8, 4) is 0 Å². The molecule has 7 rings (SSSR count). The molecule has 30 heavy (non-hydrogen) atoms. The van der Waals surface area contributed by atoms with E-state index in [1.807, 2.05) is 0 Å². The Morgan fingerprint density at radius 3 is 1.87 bits per heavy atom. The third-order valence-electron chi connectivity index (χ3n) is 8.11. The molecule has 154 valence electrons. The second-order valence-corrected chi connectivity index (χ2v) is 10.9. The molecule has 0 spiro atoms. The van der Waals surface area contributed by atoms with Gasteiger partial charge in [0, 0.05) is 30.2 Å². The van der Waals surface area contributed by atoms with Gasteiger partial charge in [-0.05, 0) is 89.2 Å². The molecule has 5 aliphatic carbocycles. The third-order valence-corrected chi connectivity index (χ3v) is 8.80. The van der Waals surface area contributed by atoms with Crippen LogP contribution in [0.5, 0.6) is 0 Å². The monoisotopic (exact) mass is 462 g/mol. The average Bonchev–Trinajstić information content (AvgIpc) is 3.12. The maximum Gasteiger partial charge on any atom is 0.133 e. The second-order valence-electron chi connectivity index (χ2n) is 10.0. The molecule has 0 aliphatic heterocycles. The highest BCUT2D eigenvalue weighted by Crippen LogP contribution is 2.53. The lowest BCUT2D eigenvalue weighted by molar-refractivity contribution is -0.118. The molecule has 3 fully saturated rings. The number of fused-ring (bicyclic) bond motifs is 6. The van der Waals surface area contributed by atoms with E-state index < -0.39 is 0 Å². The van der Waals surface area contributed by atoms with Gasteiger partial charge in [0.2, 0.25) is 0 Å². The minimum atomic E-state index is 0.446. The number of ketones is 2. The van der Waals surface area contributed by atoms with Crippen molar-refractivity contribution in [1.82, 2.24) is 0 Å². The first-order valence-electron chi connectivity index (χ1n) is 11.5. The van der Waals surface area contributed by atoms with Crippen molar-refractivity contribution >= 4 is 27.5 Å². The summed E-state index contributed by atoms with van der Waals surface area (Å²) in [6.07, 6.45) is 8.21. The number of hydrogen-bond donors (Lipinski definition) is 0. The summed E-state index contributed by atoms with van der Waals surface area (Å²) in [4.78, 5) is 22.9. The van der Waals surface area contributed by atoms with Crippen LogP contribution < -0.4 is 0 Å². The predicted octanol–water partition coefficient (Wildman–Crippen LogP) is 6.25. The van der Waals surface area contributed by atoms with E-state index in [-0.39, 0.29) is 0 Å². The van der Waals surface area contributed by atoms with Crippen molar-refractivity contribution in [2.75, 3.05) is 0 Å². The fourth-order valence-corrected chi connectivity index (χ4v) is 7.42. The quantitative estimate of drug-likeness (QED) is 0.501. The normalized spacial score (nSPS) is 30.4. The minimum absolute atomic E-state index is 0.446. The van der Waals surface area contributed by atoms with Crippen molar-refractivity contribution in [3.05, 3.63) is 68.7 Å². The van der Waals surface area contributed by atoms with Gasteiger partial charge < -0.3 is 0 Å². The molecular formula is C27H27BrO2. The van der Waals surface area contributed by atoms with Crippen LogP contribution >= 0.6 is 15.9 Å². The van der Waals surface area contributed by atoms with Gasteiger partial charge in [-0.15, -0.1) is 0 Å².